The number of aliphatic hydroxyl groups excluding tert-OH is 1. The van der Waals surface area contributed by atoms with Crippen molar-refractivity contribution in [1.29, 1.82) is 0 Å². The maximum Gasteiger partial charge on any atom is 0.320 e. The average molecular weight is 414 g/mol. The molecule has 0 aliphatic heterocycles. The Morgan fingerprint density at radius 3 is 2.14 bits per heavy atom. The monoisotopic (exact) mass is 414 g/mol. The van der Waals surface area contributed by atoms with Crippen LogP contribution in [0.3, 0.4) is 0 Å². The maximum atomic E-state index is 11.3. The summed E-state index contributed by atoms with van der Waals surface area (Å²) in [6.07, 6.45) is 0.999. The van der Waals surface area contributed by atoms with Crippen LogP contribution in [-0.2, 0) is 30.4 Å². The van der Waals surface area contributed by atoms with Crippen LogP contribution in [0.15, 0.2) is 30.3 Å². The maximum absolute atomic E-state index is 11.3. The summed E-state index contributed by atoms with van der Waals surface area (Å²) in [4.78, 5) is 21.3. The number of aliphatic carboxylic acids is 1. The molecule has 0 aromatic heterocycles. The number of carbonyl (C=O) groups excluding carboxylic acids is 1. The second-order valence-electron chi connectivity index (χ2n) is 5.84. The van der Waals surface area contributed by atoms with Gasteiger partial charge in [-0.15, -0.1) is 0 Å². The minimum absolute atomic E-state index is 0.00941. The number of rotatable bonds is 16. The predicted octanol–water partition coefficient (Wildman–Crippen LogP) is 0.416. The van der Waals surface area contributed by atoms with E-state index in [2.05, 4.69) is 10.6 Å². The summed E-state index contributed by atoms with van der Waals surface area (Å²) in [5, 5.41) is 22.3. The molecule has 0 aliphatic carbocycles. The van der Waals surface area contributed by atoms with E-state index in [1.54, 1.807) is 0 Å². The topological polar surface area (TPSA) is 126 Å². The van der Waals surface area contributed by atoms with E-state index >= 15 is 0 Å². The van der Waals surface area contributed by atoms with Crippen LogP contribution in [0.1, 0.15) is 18.9 Å². The molecule has 1 rings (SSSR count). The van der Waals surface area contributed by atoms with Crippen molar-refractivity contribution in [2.45, 2.75) is 20.0 Å². The molecular formula is C20H34N2O7. The van der Waals surface area contributed by atoms with Crippen LogP contribution in [-0.4, -0.2) is 81.4 Å². The summed E-state index contributed by atoms with van der Waals surface area (Å²) in [6, 6.07) is 9.53. The van der Waals surface area contributed by atoms with Gasteiger partial charge in [-0.05, 0) is 12.0 Å². The Labute approximate surface area is 172 Å². The number of hydrogen-bond donors (Lipinski definition) is 4. The zero-order chi connectivity index (χ0) is 21.6. The van der Waals surface area contributed by atoms with Gasteiger partial charge >= 0.3 is 11.9 Å². The number of carboxylic acids is 1. The Hall–Kier alpha value is -2.04. The van der Waals surface area contributed by atoms with Gasteiger partial charge in [0.1, 0.15) is 6.61 Å². The van der Waals surface area contributed by atoms with Crippen LogP contribution in [0.4, 0.5) is 0 Å². The van der Waals surface area contributed by atoms with Gasteiger partial charge in [0.15, 0.2) is 0 Å². The summed E-state index contributed by atoms with van der Waals surface area (Å²) in [5.41, 5.74) is 0.970. The van der Waals surface area contributed by atoms with Gasteiger partial charge in [0.05, 0.1) is 39.5 Å². The zero-order valence-corrected chi connectivity index (χ0v) is 17.1. The molecule has 1 aromatic carbocycles. The SMILES string of the molecule is CCCOCCNCC(=O)O.O=C(CNCCOCCO)OCc1ccccc1. The van der Waals surface area contributed by atoms with Crippen molar-refractivity contribution in [2.75, 3.05) is 59.2 Å². The minimum Gasteiger partial charge on any atom is -0.480 e. The lowest BCUT2D eigenvalue weighted by Crippen LogP contribution is -2.28. The molecule has 0 aliphatic rings. The van der Waals surface area contributed by atoms with Crippen LogP contribution < -0.4 is 10.6 Å². The highest BCUT2D eigenvalue weighted by Crippen LogP contribution is 2.00. The Balaban J connectivity index is 0.000000614. The number of carboxylic acid groups (broad SMARTS) is 1. The van der Waals surface area contributed by atoms with Crippen molar-refractivity contribution in [1.82, 2.24) is 10.6 Å². The fraction of sp³-hybridized carbons (Fsp3) is 0.600. The van der Waals surface area contributed by atoms with Crippen LogP contribution in [0, 0.1) is 0 Å². The molecule has 166 valence electrons. The highest BCUT2D eigenvalue weighted by atomic mass is 16.5. The average Bonchev–Trinajstić information content (AvgIpc) is 2.72. The predicted molar refractivity (Wildman–Crippen MR) is 109 cm³/mol. The number of ether oxygens (including phenoxy) is 3. The van der Waals surface area contributed by atoms with Gasteiger partial charge < -0.3 is 35.1 Å². The molecule has 4 N–H and O–H groups in total. The molecule has 0 unspecified atom stereocenters. The molecule has 0 heterocycles. The van der Waals surface area contributed by atoms with E-state index < -0.39 is 5.97 Å². The van der Waals surface area contributed by atoms with Gasteiger partial charge in [-0.25, -0.2) is 0 Å². The highest BCUT2D eigenvalue weighted by molar-refractivity contribution is 5.71. The quantitative estimate of drug-likeness (QED) is 0.225. The first-order valence-electron chi connectivity index (χ1n) is 9.69. The number of esters is 1. The molecule has 0 spiro atoms. The van der Waals surface area contributed by atoms with Crippen molar-refractivity contribution in [3.63, 3.8) is 0 Å². The summed E-state index contributed by atoms with van der Waals surface area (Å²) < 4.78 is 15.2. The van der Waals surface area contributed by atoms with E-state index in [0.29, 0.717) is 39.5 Å². The van der Waals surface area contributed by atoms with Gasteiger partial charge in [-0.1, -0.05) is 37.3 Å². The Morgan fingerprint density at radius 2 is 1.55 bits per heavy atom. The van der Waals surface area contributed by atoms with E-state index in [4.69, 9.17) is 24.4 Å². The highest BCUT2D eigenvalue weighted by Gasteiger charge is 2.02. The Bertz CT molecular complexity index is 515. The van der Waals surface area contributed by atoms with Gasteiger partial charge in [0, 0.05) is 19.7 Å². The fourth-order valence-electron chi connectivity index (χ4n) is 1.88. The summed E-state index contributed by atoms with van der Waals surface area (Å²) in [6.45, 7) is 5.78. The molecule has 0 atom stereocenters. The standard InChI is InChI=1S/C13H19NO4.C7H15NO3/c15-7-9-17-8-6-14-10-13(16)18-11-12-4-2-1-3-5-12;1-2-4-11-5-3-8-6-7(9)10/h1-5,14-15H,6-11H2;8H,2-6H2,1H3,(H,9,10). The van der Waals surface area contributed by atoms with E-state index in [-0.39, 0.29) is 25.7 Å². The molecule has 0 radical (unpaired) electrons. The third-order valence-corrected chi connectivity index (χ3v) is 3.22. The van der Waals surface area contributed by atoms with Crippen molar-refractivity contribution >= 4 is 11.9 Å². The number of nitrogens with one attached hydrogen (secondary N) is 2. The number of aliphatic hydroxyl groups is 1. The van der Waals surface area contributed by atoms with Crippen LogP contribution in [0.5, 0.6) is 0 Å². The molecule has 0 saturated carbocycles. The molecule has 1 aromatic rings. The molecule has 0 bridgehead atoms. The van der Waals surface area contributed by atoms with Crippen molar-refractivity contribution in [2.24, 2.45) is 0 Å². The molecular weight excluding hydrogens is 380 g/mol. The first kappa shape index (κ1) is 27.0. The third-order valence-electron chi connectivity index (χ3n) is 3.22. The van der Waals surface area contributed by atoms with E-state index in [1.807, 2.05) is 37.3 Å². The molecule has 9 heteroatoms. The summed E-state index contributed by atoms with van der Waals surface area (Å²) in [5.74, 6) is -1.12. The van der Waals surface area contributed by atoms with E-state index in [9.17, 15) is 9.59 Å². The number of hydrogen-bond acceptors (Lipinski definition) is 8. The Kier molecular flexibility index (Phi) is 19.2. The first-order chi connectivity index (χ1) is 14.1. The van der Waals surface area contributed by atoms with E-state index in [0.717, 1.165) is 18.6 Å². The molecule has 0 fully saturated rings. The lowest BCUT2D eigenvalue weighted by atomic mass is 10.2. The lowest BCUT2D eigenvalue weighted by molar-refractivity contribution is -0.144. The van der Waals surface area contributed by atoms with Crippen LogP contribution in [0.25, 0.3) is 0 Å². The lowest BCUT2D eigenvalue weighted by Gasteiger charge is -2.06. The van der Waals surface area contributed by atoms with Crippen molar-refractivity contribution in [3.8, 4) is 0 Å². The van der Waals surface area contributed by atoms with Crippen molar-refractivity contribution in [3.05, 3.63) is 35.9 Å². The summed E-state index contributed by atoms with van der Waals surface area (Å²) in [7, 11) is 0. The van der Waals surface area contributed by atoms with Gasteiger partial charge in [0.2, 0.25) is 0 Å². The van der Waals surface area contributed by atoms with Gasteiger partial charge in [-0.2, -0.15) is 0 Å². The van der Waals surface area contributed by atoms with Gasteiger partial charge in [0.25, 0.3) is 0 Å². The fourth-order valence-corrected chi connectivity index (χ4v) is 1.88. The smallest absolute Gasteiger partial charge is 0.320 e. The number of benzene rings is 1. The second-order valence-corrected chi connectivity index (χ2v) is 5.84. The summed E-state index contributed by atoms with van der Waals surface area (Å²) >= 11 is 0. The normalized spacial score (nSPS) is 10.1. The minimum atomic E-state index is -0.833. The van der Waals surface area contributed by atoms with Crippen LogP contribution >= 0.6 is 0 Å². The molecule has 0 amide bonds. The van der Waals surface area contributed by atoms with Crippen molar-refractivity contribution < 1.29 is 34.0 Å². The molecule has 29 heavy (non-hydrogen) atoms. The molecule has 9 nitrogen and oxygen atoms in total. The third kappa shape index (κ3) is 20.5. The first-order valence-corrected chi connectivity index (χ1v) is 9.69. The second kappa shape index (κ2) is 20.7. The zero-order valence-electron chi connectivity index (χ0n) is 17.1. The largest absolute Gasteiger partial charge is 0.480 e. The van der Waals surface area contributed by atoms with Crippen LogP contribution in [0.2, 0.25) is 0 Å². The van der Waals surface area contributed by atoms with E-state index in [1.165, 1.54) is 0 Å². The number of carbonyl (C=O) groups is 2. The molecule has 0 saturated heterocycles. The Morgan fingerprint density at radius 1 is 0.931 bits per heavy atom. The van der Waals surface area contributed by atoms with Gasteiger partial charge in [-0.3, -0.25) is 9.59 Å².